The molecule has 0 unspecified atom stereocenters. The molecule has 0 saturated carbocycles. The van der Waals surface area contributed by atoms with Gasteiger partial charge < -0.3 is 4.90 Å². The minimum Gasteiger partial charge on any atom is -0.312 e. The average Bonchev–Trinajstić information content (AvgIpc) is 2.35. The molecule has 3 nitrogen and oxygen atoms in total. The van der Waals surface area contributed by atoms with Gasteiger partial charge in [-0.05, 0) is 30.5 Å². The topological polar surface area (TPSA) is 37.4 Å². The third-order valence-corrected chi connectivity index (χ3v) is 4.11. The highest BCUT2D eigenvalue weighted by molar-refractivity contribution is 9.10. The summed E-state index contributed by atoms with van der Waals surface area (Å²) in [6.07, 6.45) is 1.92. The van der Waals surface area contributed by atoms with E-state index in [0.717, 1.165) is 35.1 Å². The number of Topliss-reactive ketones (excluding diaryl/α,β-unsaturated/α-hetero) is 1. The number of carbonyl (C=O) groups is 2. The standard InChI is InChI=1S/C15H18BrNO2/c1-9(2)15(19)12-8-14-11(7-13(12)16)5-4-6-17(14)10(3)18/h7-9H,4-6H2,1-3H3. The molecule has 0 atom stereocenters. The Balaban J connectivity index is 2.53. The third-order valence-electron chi connectivity index (χ3n) is 3.46. The van der Waals surface area contributed by atoms with Crippen LogP contribution in [0.5, 0.6) is 0 Å². The highest BCUT2D eigenvalue weighted by Gasteiger charge is 2.24. The lowest BCUT2D eigenvalue weighted by Crippen LogP contribution is -2.33. The predicted octanol–water partition coefficient (Wildman–Crippen LogP) is 3.59. The van der Waals surface area contributed by atoms with Crippen molar-refractivity contribution in [3.8, 4) is 0 Å². The Morgan fingerprint density at radius 2 is 2.00 bits per heavy atom. The Morgan fingerprint density at radius 3 is 2.58 bits per heavy atom. The number of anilines is 1. The maximum absolute atomic E-state index is 12.2. The summed E-state index contributed by atoms with van der Waals surface area (Å²) in [7, 11) is 0. The Morgan fingerprint density at radius 1 is 1.32 bits per heavy atom. The first-order valence-corrected chi connectivity index (χ1v) is 7.36. The van der Waals surface area contributed by atoms with E-state index in [4.69, 9.17) is 0 Å². The van der Waals surface area contributed by atoms with Crippen LogP contribution in [0, 0.1) is 5.92 Å². The minimum atomic E-state index is -0.0521. The van der Waals surface area contributed by atoms with E-state index in [-0.39, 0.29) is 17.6 Å². The van der Waals surface area contributed by atoms with Crippen molar-refractivity contribution in [3.63, 3.8) is 0 Å². The average molecular weight is 324 g/mol. The van der Waals surface area contributed by atoms with Crippen LogP contribution in [0.2, 0.25) is 0 Å². The van der Waals surface area contributed by atoms with Gasteiger partial charge in [0.15, 0.2) is 5.78 Å². The molecule has 0 aromatic heterocycles. The van der Waals surface area contributed by atoms with Crippen LogP contribution < -0.4 is 4.90 Å². The zero-order valence-corrected chi connectivity index (χ0v) is 13.1. The van der Waals surface area contributed by atoms with Crippen LogP contribution in [0.1, 0.15) is 43.1 Å². The maximum atomic E-state index is 12.2. The molecule has 19 heavy (non-hydrogen) atoms. The van der Waals surface area contributed by atoms with Crippen molar-refractivity contribution in [3.05, 3.63) is 27.7 Å². The molecule has 4 heteroatoms. The third kappa shape index (κ3) is 2.73. The molecule has 0 N–H and O–H groups in total. The Labute approximate surface area is 122 Å². The number of halogens is 1. The van der Waals surface area contributed by atoms with Crippen molar-refractivity contribution in [2.24, 2.45) is 5.92 Å². The van der Waals surface area contributed by atoms with E-state index in [1.54, 1.807) is 11.8 Å². The molecule has 0 aliphatic carbocycles. The van der Waals surface area contributed by atoms with Crippen molar-refractivity contribution in [1.82, 2.24) is 0 Å². The van der Waals surface area contributed by atoms with Crippen LogP contribution in [-0.2, 0) is 11.2 Å². The Bertz CT molecular complexity index is 537. The molecule has 0 spiro atoms. The first-order chi connectivity index (χ1) is 8.91. The fourth-order valence-electron chi connectivity index (χ4n) is 2.43. The van der Waals surface area contributed by atoms with Crippen molar-refractivity contribution in [2.75, 3.05) is 11.4 Å². The second kappa shape index (κ2) is 5.45. The number of ketones is 1. The van der Waals surface area contributed by atoms with Gasteiger partial charge in [-0.15, -0.1) is 0 Å². The second-order valence-corrected chi connectivity index (χ2v) is 6.11. The van der Waals surface area contributed by atoms with Gasteiger partial charge in [-0.25, -0.2) is 0 Å². The van der Waals surface area contributed by atoms with Gasteiger partial charge in [0.1, 0.15) is 0 Å². The predicted molar refractivity (Wildman–Crippen MR) is 79.7 cm³/mol. The molecule has 1 aliphatic rings. The molecular formula is C15H18BrNO2. The summed E-state index contributed by atoms with van der Waals surface area (Å²) in [5.74, 6) is 0.0821. The molecule has 1 aromatic carbocycles. The van der Waals surface area contributed by atoms with Gasteiger partial charge in [0.05, 0.1) is 0 Å². The maximum Gasteiger partial charge on any atom is 0.223 e. The zero-order chi connectivity index (χ0) is 14.2. The van der Waals surface area contributed by atoms with Gasteiger partial charge in [0.2, 0.25) is 5.91 Å². The fraction of sp³-hybridized carbons (Fsp3) is 0.467. The van der Waals surface area contributed by atoms with Crippen LogP contribution in [0.25, 0.3) is 0 Å². The SMILES string of the molecule is CC(=O)N1CCCc2cc(Br)c(C(=O)C(C)C)cc21. The number of carbonyl (C=O) groups excluding carboxylic acids is 2. The van der Waals surface area contributed by atoms with Crippen molar-refractivity contribution < 1.29 is 9.59 Å². The van der Waals surface area contributed by atoms with Crippen LogP contribution in [0.15, 0.2) is 16.6 Å². The summed E-state index contributed by atoms with van der Waals surface area (Å²) >= 11 is 3.48. The molecule has 102 valence electrons. The number of hydrogen-bond acceptors (Lipinski definition) is 2. The van der Waals surface area contributed by atoms with E-state index in [9.17, 15) is 9.59 Å². The smallest absolute Gasteiger partial charge is 0.223 e. The summed E-state index contributed by atoms with van der Waals surface area (Å²) in [5.41, 5.74) is 2.70. The molecule has 1 aromatic rings. The van der Waals surface area contributed by atoms with E-state index in [2.05, 4.69) is 15.9 Å². The lowest BCUT2D eigenvalue weighted by molar-refractivity contribution is -0.116. The van der Waals surface area contributed by atoms with Crippen LogP contribution in [-0.4, -0.2) is 18.2 Å². The lowest BCUT2D eigenvalue weighted by Gasteiger charge is -2.29. The van der Waals surface area contributed by atoms with Crippen LogP contribution >= 0.6 is 15.9 Å². The molecule has 0 saturated heterocycles. The van der Waals surface area contributed by atoms with E-state index < -0.39 is 0 Å². The number of amides is 1. The first kappa shape index (κ1) is 14.3. The normalized spacial score (nSPS) is 14.5. The molecule has 1 amide bonds. The first-order valence-electron chi connectivity index (χ1n) is 6.56. The molecule has 1 heterocycles. The molecule has 1 aliphatic heterocycles. The number of nitrogens with zero attached hydrogens (tertiary/aromatic N) is 1. The van der Waals surface area contributed by atoms with Gasteiger partial charge >= 0.3 is 0 Å². The van der Waals surface area contributed by atoms with E-state index in [0.29, 0.717) is 5.56 Å². The molecular weight excluding hydrogens is 306 g/mol. The zero-order valence-electron chi connectivity index (χ0n) is 11.5. The van der Waals surface area contributed by atoms with Gasteiger partial charge in [-0.3, -0.25) is 9.59 Å². The lowest BCUT2D eigenvalue weighted by atomic mass is 9.95. The summed E-state index contributed by atoms with van der Waals surface area (Å²) in [6.45, 7) is 6.08. The quantitative estimate of drug-likeness (QED) is 0.780. The number of benzene rings is 1. The molecule has 2 rings (SSSR count). The number of hydrogen-bond donors (Lipinski definition) is 0. The van der Waals surface area contributed by atoms with E-state index >= 15 is 0 Å². The number of fused-ring (bicyclic) bond motifs is 1. The Kier molecular flexibility index (Phi) is 4.09. The van der Waals surface area contributed by atoms with Crippen molar-refractivity contribution >= 4 is 33.3 Å². The largest absolute Gasteiger partial charge is 0.312 e. The minimum absolute atomic E-state index is 0.0335. The fourth-order valence-corrected chi connectivity index (χ4v) is 3.02. The van der Waals surface area contributed by atoms with Crippen LogP contribution in [0.3, 0.4) is 0 Å². The number of rotatable bonds is 2. The van der Waals surface area contributed by atoms with Gasteiger partial charge in [-0.1, -0.05) is 29.8 Å². The molecule has 0 radical (unpaired) electrons. The summed E-state index contributed by atoms with van der Waals surface area (Å²) in [5, 5.41) is 0. The second-order valence-electron chi connectivity index (χ2n) is 5.25. The van der Waals surface area contributed by atoms with Crippen molar-refractivity contribution in [1.29, 1.82) is 0 Å². The molecule has 0 bridgehead atoms. The van der Waals surface area contributed by atoms with Gasteiger partial charge in [0, 0.05) is 35.1 Å². The summed E-state index contributed by atoms with van der Waals surface area (Å²) < 4.78 is 0.829. The molecule has 0 fully saturated rings. The highest BCUT2D eigenvalue weighted by Crippen LogP contribution is 2.33. The van der Waals surface area contributed by atoms with E-state index in [1.165, 1.54) is 0 Å². The van der Waals surface area contributed by atoms with Gasteiger partial charge in [-0.2, -0.15) is 0 Å². The Hall–Kier alpha value is -1.16. The van der Waals surface area contributed by atoms with Crippen molar-refractivity contribution in [2.45, 2.75) is 33.6 Å². The monoisotopic (exact) mass is 323 g/mol. The summed E-state index contributed by atoms with van der Waals surface area (Å²) in [4.78, 5) is 25.7. The van der Waals surface area contributed by atoms with Gasteiger partial charge in [0.25, 0.3) is 0 Å². The number of aryl methyl sites for hydroxylation is 1. The van der Waals surface area contributed by atoms with Crippen LogP contribution in [0.4, 0.5) is 5.69 Å². The summed E-state index contributed by atoms with van der Waals surface area (Å²) in [6, 6.07) is 3.85. The highest BCUT2D eigenvalue weighted by atomic mass is 79.9. The van der Waals surface area contributed by atoms with E-state index in [1.807, 2.05) is 26.0 Å².